The first-order valence-corrected chi connectivity index (χ1v) is 10.6. The Kier molecular flexibility index (Phi) is 7.13. The number of halogens is 1. The molecule has 0 bridgehead atoms. The predicted molar refractivity (Wildman–Crippen MR) is 121 cm³/mol. The monoisotopic (exact) mass is 423 g/mol. The number of amides is 1. The molecule has 0 saturated heterocycles. The summed E-state index contributed by atoms with van der Waals surface area (Å²) in [4.78, 5) is 26.6. The third-order valence-corrected chi connectivity index (χ3v) is 5.45. The maximum absolute atomic E-state index is 12.9. The summed E-state index contributed by atoms with van der Waals surface area (Å²) in [5.74, 6) is -0.364. The fraction of sp³-hybridized carbons (Fsp3) is 0.167. The second-order valence-electron chi connectivity index (χ2n) is 6.92. The van der Waals surface area contributed by atoms with Crippen molar-refractivity contribution in [3.63, 3.8) is 0 Å². The number of ketones is 1. The molecule has 5 heteroatoms. The lowest BCUT2D eigenvalue weighted by molar-refractivity contribution is -0.115. The van der Waals surface area contributed by atoms with E-state index in [-0.39, 0.29) is 18.1 Å². The molecule has 1 N–H and O–H groups in total. The molecule has 0 aliphatic carbocycles. The molecule has 3 nitrogen and oxygen atoms in total. The quantitative estimate of drug-likeness (QED) is 0.360. The highest BCUT2D eigenvalue weighted by Gasteiger charge is 2.16. The van der Waals surface area contributed by atoms with Gasteiger partial charge in [-0.25, -0.2) is 0 Å². The smallest absolute Gasteiger partial charge is 0.228 e. The van der Waals surface area contributed by atoms with E-state index >= 15 is 0 Å². The molecular formula is C24H22ClNO2S. The molecule has 3 aromatic carbocycles. The number of rotatable bonds is 7. The second kappa shape index (κ2) is 9.77. The zero-order valence-electron chi connectivity index (χ0n) is 16.3. The van der Waals surface area contributed by atoms with E-state index < -0.39 is 0 Å². The Labute approximate surface area is 180 Å². The Hall–Kier alpha value is -2.56. The van der Waals surface area contributed by atoms with Crippen LogP contribution in [0.1, 0.15) is 35.3 Å². The molecule has 0 aromatic heterocycles. The number of carbonyl (C=O) groups excluding carboxylic acids is 2. The highest BCUT2D eigenvalue weighted by molar-refractivity contribution is 7.99. The second-order valence-corrected chi connectivity index (χ2v) is 9.01. The van der Waals surface area contributed by atoms with Crippen molar-refractivity contribution in [1.82, 2.24) is 0 Å². The molecule has 1 amide bonds. The third kappa shape index (κ3) is 5.96. The Balaban J connectivity index is 1.74. The molecule has 0 aliphatic rings. The van der Waals surface area contributed by atoms with E-state index in [4.69, 9.17) is 11.6 Å². The lowest BCUT2D eigenvalue weighted by Crippen LogP contribution is -2.17. The molecule has 0 heterocycles. The number of benzene rings is 3. The minimum atomic E-state index is -0.182. The van der Waals surface area contributed by atoms with Gasteiger partial charge in [-0.3, -0.25) is 9.59 Å². The topological polar surface area (TPSA) is 46.2 Å². The minimum absolute atomic E-state index is 0.182. The SMILES string of the molecule is CC(C)Sc1ccc(CC(=O)Nc2ccc(Cl)cc2C(=O)c2ccccc2)cc1. The largest absolute Gasteiger partial charge is 0.325 e. The van der Waals surface area contributed by atoms with Gasteiger partial charge < -0.3 is 5.32 Å². The van der Waals surface area contributed by atoms with Gasteiger partial charge in [0.1, 0.15) is 0 Å². The van der Waals surface area contributed by atoms with Gasteiger partial charge in [-0.05, 0) is 35.9 Å². The maximum Gasteiger partial charge on any atom is 0.228 e. The van der Waals surface area contributed by atoms with Crippen LogP contribution in [-0.4, -0.2) is 16.9 Å². The number of hydrogen-bond acceptors (Lipinski definition) is 3. The Morgan fingerprint density at radius 2 is 1.66 bits per heavy atom. The van der Waals surface area contributed by atoms with E-state index in [0.717, 1.165) is 5.56 Å². The zero-order chi connectivity index (χ0) is 20.8. The van der Waals surface area contributed by atoms with Crippen LogP contribution in [-0.2, 0) is 11.2 Å². The third-order valence-electron chi connectivity index (χ3n) is 4.20. The summed E-state index contributed by atoms with van der Waals surface area (Å²) in [6.07, 6.45) is 0.230. The molecular weight excluding hydrogens is 402 g/mol. The van der Waals surface area contributed by atoms with Crippen molar-refractivity contribution >= 4 is 40.7 Å². The number of anilines is 1. The van der Waals surface area contributed by atoms with Crippen LogP contribution in [0.15, 0.2) is 77.7 Å². The molecule has 0 radical (unpaired) electrons. The Morgan fingerprint density at radius 3 is 2.31 bits per heavy atom. The summed E-state index contributed by atoms with van der Waals surface area (Å²) < 4.78 is 0. The summed E-state index contributed by atoms with van der Waals surface area (Å²) in [6, 6.07) is 21.8. The van der Waals surface area contributed by atoms with Crippen LogP contribution in [0, 0.1) is 0 Å². The van der Waals surface area contributed by atoms with Crippen molar-refractivity contribution in [2.24, 2.45) is 0 Å². The Morgan fingerprint density at radius 1 is 0.966 bits per heavy atom. The van der Waals surface area contributed by atoms with Crippen molar-refractivity contribution in [2.75, 3.05) is 5.32 Å². The summed E-state index contributed by atoms with van der Waals surface area (Å²) in [5, 5.41) is 3.81. The van der Waals surface area contributed by atoms with Crippen LogP contribution in [0.3, 0.4) is 0 Å². The van der Waals surface area contributed by atoms with Crippen LogP contribution in [0.5, 0.6) is 0 Å². The average molecular weight is 424 g/mol. The predicted octanol–water partition coefficient (Wildman–Crippen LogP) is 6.25. The van der Waals surface area contributed by atoms with Crippen LogP contribution in [0.2, 0.25) is 5.02 Å². The van der Waals surface area contributed by atoms with Crippen LogP contribution >= 0.6 is 23.4 Å². The maximum atomic E-state index is 12.9. The highest BCUT2D eigenvalue weighted by atomic mass is 35.5. The first-order valence-electron chi connectivity index (χ1n) is 9.37. The fourth-order valence-electron chi connectivity index (χ4n) is 2.90. The molecule has 3 rings (SSSR count). The van der Waals surface area contributed by atoms with Crippen molar-refractivity contribution in [3.8, 4) is 0 Å². The van der Waals surface area contributed by atoms with Gasteiger partial charge in [0.15, 0.2) is 5.78 Å². The molecule has 148 valence electrons. The van der Waals surface area contributed by atoms with Crippen molar-refractivity contribution in [2.45, 2.75) is 30.4 Å². The number of nitrogens with one attached hydrogen (secondary N) is 1. The molecule has 0 aliphatic heterocycles. The lowest BCUT2D eigenvalue weighted by Gasteiger charge is -2.12. The first kappa shape index (κ1) is 21.2. The van der Waals surface area contributed by atoms with Crippen LogP contribution < -0.4 is 5.32 Å². The van der Waals surface area contributed by atoms with Gasteiger partial charge >= 0.3 is 0 Å². The summed E-state index contributed by atoms with van der Waals surface area (Å²) in [6.45, 7) is 4.29. The molecule has 0 atom stereocenters. The average Bonchev–Trinajstić information content (AvgIpc) is 2.70. The summed E-state index contributed by atoms with van der Waals surface area (Å²) >= 11 is 7.88. The Bertz CT molecular complexity index is 1000. The number of carbonyl (C=O) groups is 2. The molecule has 0 unspecified atom stereocenters. The van der Waals surface area contributed by atoms with Crippen molar-refractivity contribution < 1.29 is 9.59 Å². The van der Waals surface area contributed by atoms with Crippen LogP contribution in [0.25, 0.3) is 0 Å². The summed E-state index contributed by atoms with van der Waals surface area (Å²) in [7, 11) is 0. The van der Waals surface area contributed by atoms with Gasteiger partial charge in [0.05, 0.1) is 12.1 Å². The molecule has 3 aromatic rings. The van der Waals surface area contributed by atoms with Crippen LogP contribution in [0.4, 0.5) is 5.69 Å². The van der Waals surface area contributed by atoms with Gasteiger partial charge in [0.25, 0.3) is 0 Å². The van der Waals surface area contributed by atoms with E-state index in [1.165, 1.54) is 4.90 Å². The zero-order valence-corrected chi connectivity index (χ0v) is 17.9. The minimum Gasteiger partial charge on any atom is -0.325 e. The van der Waals surface area contributed by atoms with Gasteiger partial charge in [0, 0.05) is 26.3 Å². The normalized spacial score (nSPS) is 10.8. The van der Waals surface area contributed by atoms with Gasteiger partial charge in [-0.2, -0.15) is 0 Å². The molecule has 29 heavy (non-hydrogen) atoms. The van der Waals surface area contributed by atoms with E-state index in [2.05, 4.69) is 19.2 Å². The lowest BCUT2D eigenvalue weighted by atomic mass is 10.0. The first-order chi connectivity index (χ1) is 13.9. The summed E-state index contributed by atoms with van der Waals surface area (Å²) in [5.41, 5.74) is 2.30. The van der Waals surface area contributed by atoms with Gasteiger partial charge in [0.2, 0.25) is 5.91 Å². The van der Waals surface area contributed by atoms with E-state index in [1.54, 1.807) is 54.2 Å². The van der Waals surface area contributed by atoms with Gasteiger partial charge in [-0.15, -0.1) is 11.8 Å². The number of thioether (sulfide) groups is 1. The van der Waals surface area contributed by atoms with E-state index in [9.17, 15) is 9.59 Å². The molecule has 0 fully saturated rings. The molecule has 0 spiro atoms. The van der Waals surface area contributed by atoms with Gasteiger partial charge in [-0.1, -0.05) is 67.9 Å². The molecule has 0 saturated carbocycles. The van der Waals surface area contributed by atoms with E-state index in [1.807, 2.05) is 30.3 Å². The van der Waals surface area contributed by atoms with Crippen molar-refractivity contribution in [3.05, 3.63) is 94.5 Å². The van der Waals surface area contributed by atoms with Crippen molar-refractivity contribution in [1.29, 1.82) is 0 Å². The van der Waals surface area contributed by atoms with E-state index in [0.29, 0.717) is 27.1 Å². The highest BCUT2D eigenvalue weighted by Crippen LogP contribution is 2.25. The number of hydrogen-bond donors (Lipinski definition) is 1. The standard InChI is InChI=1S/C24H22ClNO2S/c1-16(2)29-20-11-8-17(9-12-20)14-23(27)26-22-13-10-19(25)15-21(22)24(28)18-6-4-3-5-7-18/h3-13,15-16H,14H2,1-2H3,(H,26,27). The fourth-order valence-corrected chi connectivity index (χ4v) is 3.91.